The van der Waals surface area contributed by atoms with E-state index >= 15 is 0 Å². The Bertz CT molecular complexity index is 950. The van der Waals surface area contributed by atoms with Gasteiger partial charge in [0.15, 0.2) is 5.75 Å². The summed E-state index contributed by atoms with van der Waals surface area (Å²) < 4.78 is 0. The van der Waals surface area contributed by atoms with Crippen molar-refractivity contribution in [3.8, 4) is 5.75 Å². The summed E-state index contributed by atoms with van der Waals surface area (Å²) in [6.07, 6.45) is 6.46. The van der Waals surface area contributed by atoms with E-state index in [2.05, 4.69) is 4.98 Å². The minimum absolute atomic E-state index is 0.0847. The van der Waals surface area contributed by atoms with Gasteiger partial charge in [0.05, 0.1) is 16.2 Å². The van der Waals surface area contributed by atoms with Crippen molar-refractivity contribution in [3.63, 3.8) is 0 Å². The molecule has 1 aromatic heterocycles. The van der Waals surface area contributed by atoms with Crippen molar-refractivity contribution < 1.29 is 10.0 Å². The van der Waals surface area contributed by atoms with Gasteiger partial charge in [0.1, 0.15) is 5.82 Å². The predicted octanol–water partition coefficient (Wildman–Crippen LogP) is 2.99. The quantitative estimate of drug-likeness (QED) is 0.619. The van der Waals surface area contributed by atoms with Crippen LogP contribution < -0.4 is 5.56 Å². The van der Waals surface area contributed by atoms with Crippen LogP contribution in [-0.4, -0.2) is 31.4 Å². The Morgan fingerprint density at radius 3 is 2.82 bits per heavy atom. The molecular formula is C20H24N4O4. The van der Waals surface area contributed by atoms with Crippen LogP contribution in [0.4, 0.5) is 5.69 Å². The lowest BCUT2D eigenvalue weighted by Gasteiger charge is -2.29. The van der Waals surface area contributed by atoms with E-state index in [1.54, 1.807) is 12.1 Å². The molecule has 2 N–H and O–H groups in total. The number of benzene rings is 1. The summed E-state index contributed by atoms with van der Waals surface area (Å²) in [4.78, 5) is 32.9. The number of aromatic amines is 1. The van der Waals surface area contributed by atoms with E-state index in [1.807, 2.05) is 4.90 Å². The molecule has 8 nitrogen and oxygen atoms in total. The Morgan fingerprint density at radius 1 is 1.29 bits per heavy atom. The Hall–Kier alpha value is -2.74. The number of nitro groups is 1. The van der Waals surface area contributed by atoms with E-state index in [0.29, 0.717) is 43.1 Å². The highest BCUT2D eigenvalue weighted by Gasteiger charge is 2.26. The van der Waals surface area contributed by atoms with Crippen molar-refractivity contribution in [1.29, 1.82) is 0 Å². The predicted molar refractivity (Wildman–Crippen MR) is 103 cm³/mol. The third-order valence-electron chi connectivity index (χ3n) is 5.85. The van der Waals surface area contributed by atoms with Gasteiger partial charge < -0.3 is 10.1 Å². The fourth-order valence-corrected chi connectivity index (χ4v) is 4.30. The van der Waals surface area contributed by atoms with Crippen molar-refractivity contribution in [2.45, 2.75) is 57.5 Å². The van der Waals surface area contributed by atoms with Crippen LogP contribution in [0.2, 0.25) is 0 Å². The Morgan fingerprint density at radius 2 is 2.07 bits per heavy atom. The summed E-state index contributed by atoms with van der Waals surface area (Å²) in [7, 11) is 0. The number of aromatic hydroxyl groups is 1. The van der Waals surface area contributed by atoms with Gasteiger partial charge in [-0.2, -0.15) is 0 Å². The van der Waals surface area contributed by atoms with E-state index in [0.717, 1.165) is 24.4 Å². The van der Waals surface area contributed by atoms with Crippen molar-refractivity contribution >= 4 is 5.69 Å². The number of rotatable bonds is 4. The molecule has 8 heteroatoms. The molecule has 0 spiro atoms. The monoisotopic (exact) mass is 384 g/mol. The van der Waals surface area contributed by atoms with E-state index in [-0.39, 0.29) is 17.0 Å². The summed E-state index contributed by atoms with van der Waals surface area (Å²) in [6, 6.07) is 4.52. The molecule has 1 aliphatic heterocycles. The molecule has 4 rings (SSSR count). The molecule has 2 heterocycles. The van der Waals surface area contributed by atoms with Crippen molar-refractivity contribution in [2.24, 2.45) is 0 Å². The summed E-state index contributed by atoms with van der Waals surface area (Å²) in [5, 5.41) is 21.2. The average molecular weight is 384 g/mol. The van der Waals surface area contributed by atoms with Crippen LogP contribution in [0.3, 0.4) is 0 Å². The topological polar surface area (TPSA) is 112 Å². The molecule has 1 saturated carbocycles. The number of aromatic nitrogens is 2. The maximum absolute atomic E-state index is 12.7. The number of fused-ring (bicyclic) bond motifs is 1. The van der Waals surface area contributed by atoms with Gasteiger partial charge in [-0.15, -0.1) is 0 Å². The Kier molecular flexibility index (Phi) is 5.13. The van der Waals surface area contributed by atoms with Gasteiger partial charge in [0.25, 0.3) is 5.56 Å². The molecule has 1 aliphatic carbocycles. The van der Waals surface area contributed by atoms with Gasteiger partial charge in [0.2, 0.25) is 0 Å². The third kappa shape index (κ3) is 3.64. The highest BCUT2D eigenvalue weighted by atomic mass is 16.6. The first-order chi connectivity index (χ1) is 13.5. The maximum Gasteiger partial charge on any atom is 0.311 e. The summed E-state index contributed by atoms with van der Waals surface area (Å²) in [5.41, 5.74) is 1.63. The van der Waals surface area contributed by atoms with Crippen LogP contribution in [0.25, 0.3) is 0 Å². The number of phenols is 1. The van der Waals surface area contributed by atoms with Crippen LogP contribution in [0.5, 0.6) is 5.75 Å². The minimum Gasteiger partial charge on any atom is -0.502 e. The zero-order valence-electron chi connectivity index (χ0n) is 15.7. The SMILES string of the molecule is O=c1[nH]c(C2CCCCC2)nc2c1CN(Cc1cccc([N+](=O)[O-])c1O)CC2. The van der Waals surface area contributed by atoms with Gasteiger partial charge in [-0.05, 0) is 12.8 Å². The smallest absolute Gasteiger partial charge is 0.311 e. The summed E-state index contributed by atoms with van der Waals surface area (Å²) in [6.45, 7) is 1.46. The molecule has 0 bridgehead atoms. The second kappa shape index (κ2) is 7.71. The Balaban J connectivity index is 1.53. The second-order valence-corrected chi connectivity index (χ2v) is 7.71. The van der Waals surface area contributed by atoms with E-state index in [9.17, 15) is 20.0 Å². The van der Waals surface area contributed by atoms with E-state index in [4.69, 9.17) is 4.98 Å². The molecule has 2 aliphatic rings. The number of hydrogen-bond acceptors (Lipinski definition) is 6. The fraction of sp³-hybridized carbons (Fsp3) is 0.500. The van der Waals surface area contributed by atoms with Crippen LogP contribution in [0.15, 0.2) is 23.0 Å². The first-order valence-electron chi connectivity index (χ1n) is 9.82. The first kappa shape index (κ1) is 18.6. The fourth-order valence-electron chi connectivity index (χ4n) is 4.30. The van der Waals surface area contributed by atoms with E-state index in [1.165, 1.54) is 25.3 Å². The van der Waals surface area contributed by atoms with Crippen LogP contribution in [0, 0.1) is 10.1 Å². The zero-order valence-corrected chi connectivity index (χ0v) is 15.7. The largest absolute Gasteiger partial charge is 0.502 e. The average Bonchev–Trinajstić information content (AvgIpc) is 2.70. The standard InChI is InChI=1S/C20H24N4O4/c25-18-14(7-4-8-17(18)24(27)28)11-23-10-9-16-15(12-23)20(26)22-19(21-16)13-5-2-1-3-6-13/h4,7-8,13,25H,1-3,5-6,9-12H2,(H,21,22,26). The van der Waals surface area contributed by atoms with Crippen molar-refractivity contribution in [3.05, 3.63) is 61.3 Å². The van der Waals surface area contributed by atoms with Gasteiger partial charge in [-0.1, -0.05) is 31.4 Å². The van der Waals surface area contributed by atoms with Crippen LogP contribution >= 0.6 is 0 Å². The molecule has 0 unspecified atom stereocenters. The van der Waals surface area contributed by atoms with Crippen molar-refractivity contribution in [2.75, 3.05) is 6.54 Å². The molecule has 148 valence electrons. The number of hydrogen-bond donors (Lipinski definition) is 2. The molecular weight excluding hydrogens is 360 g/mol. The van der Waals surface area contributed by atoms with E-state index < -0.39 is 4.92 Å². The van der Waals surface area contributed by atoms with Gasteiger partial charge in [-0.25, -0.2) is 4.98 Å². The normalized spacial score (nSPS) is 18.0. The summed E-state index contributed by atoms with van der Waals surface area (Å²) in [5.74, 6) is 0.873. The van der Waals surface area contributed by atoms with Crippen LogP contribution in [-0.2, 0) is 19.5 Å². The number of nitro benzene ring substituents is 1. The molecule has 0 amide bonds. The van der Waals surface area contributed by atoms with Gasteiger partial charge in [-0.3, -0.25) is 19.8 Å². The van der Waals surface area contributed by atoms with Gasteiger partial charge in [0, 0.05) is 43.6 Å². The molecule has 0 radical (unpaired) electrons. The highest BCUT2D eigenvalue weighted by molar-refractivity contribution is 5.50. The number of H-pyrrole nitrogens is 1. The zero-order chi connectivity index (χ0) is 19.7. The van der Waals surface area contributed by atoms with Crippen molar-refractivity contribution in [1.82, 2.24) is 14.9 Å². The lowest BCUT2D eigenvalue weighted by molar-refractivity contribution is -0.385. The molecule has 2 aromatic rings. The molecule has 28 heavy (non-hydrogen) atoms. The number of nitrogens with one attached hydrogen (secondary N) is 1. The number of phenolic OH excluding ortho intramolecular Hbond substituents is 1. The van der Waals surface area contributed by atoms with Crippen LogP contribution in [0.1, 0.15) is 60.7 Å². The molecule has 1 fully saturated rings. The number of para-hydroxylation sites is 1. The highest BCUT2D eigenvalue weighted by Crippen LogP contribution is 2.32. The Labute approximate surface area is 162 Å². The lowest BCUT2D eigenvalue weighted by Crippen LogP contribution is -2.36. The van der Waals surface area contributed by atoms with Gasteiger partial charge >= 0.3 is 5.69 Å². The summed E-state index contributed by atoms with van der Waals surface area (Å²) >= 11 is 0. The molecule has 1 aromatic carbocycles. The molecule has 0 atom stereocenters. The first-order valence-corrected chi connectivity index (χ1v) is 9.82. The second-order valence-electron chi connectivity index (χ2n) is 7.71. The molecule has 0 saturated heterocycles. The minimum atomic E-state index is -0.592. The third-order valence-corrected chi connectivity index (χ3v) is 5.85. The lowest BCUT2D eigenvalue weighted by atomic mass is 9.88. The number of nitrogens with zero attached hydrogens (tertiary/aromatic N) is 3. The maximum atomic E-state index is 12.7.